The molecule has 2 aliphatic carbocycles. The van der Waals surface area contributed by atoms with Crippen LogP contribution in [-0.4, -0.2) is 12.6 Å². The Labute approximate surface area is 231 Å². The van der Waals surface area contributed by atoms with Gasteiger partial charge in [-0.15, -0.1) is 0 Å². The molecule has 2 aromatic rings. The Kier molecular flexibility index (Phi) is 11.1. The van der Waals surface area contributed by atoms with Gasteiger partial charge in [0.15, 0.2) is 0 Å². The highest BCUT2D eigenvalue weighted by Crippen LogP contribution is 2.40. The summed E-state index contributed by atoms with van der Waals surface area (Å²) in [7, 11) is 0. The van der Waals surface area contributed by atoms with E-state index in [1.54, 1.807) is 0 Å². The standard InChI is InChI=1S/C35H50O3/c1-4-7-24-37-32-22-23-33(34(25-32)38-35(36)31-16-12-27(9-6-3)13-17-31)30-20-18-29(19-21-30)28-14-10-26(8-5-2)11-15-28/h18-23,25-28,31H,4-17,24H2,1-3H3. The molecule has 2 fully saturated rings. The van der Waals surface area contributed by atoms with Crippen LogP contribution in [0.2, 0.25) is 0 Å². The first-order valence-corrected chi connectivity index (χ1v) is 15.7. The summed E-state index contributed by atoms with van der Waals surface area (Å²) in [6.07, 6.45) is 16.8. The van der Waals surface area contributed by atoms with Crippen molar-refractivity contribution in [3.05, 3.63) is 48.0 Å². The van der Waals surface area contributed by atoms with Crippen molar-refractivity contribution in [2.45, 2.75) is 117 Å². The number of hydrogen-bond donors (Lipinski definition) is 0. The van der Waals surface area contributed by atoms with E-state index in [2.05, 4.69) is 51.1 Å². The largest absolute Gasteiger partial charge is 0.493 e. The van der Waals surface area contributed by atoms with Gasteiger partial charge in [0.05, 0.1) is 12.5 Å². The molecule has 0 aliphatic heterocycles. The molecular weight excluding hydrogens is 468 g/mol. The lowest BCUT2D eigenvalue weighted by Crippen LogP contribution is -2.25. The Balaban J connectivity index is 1.47. The van der Waals surface area contributed by atoms with E-state index in [0.29, 0.717) is 18.3 Å². The number of hydrogen-bond acceptors (Lipinski definition) is 3. The van der Waals surface area contributed by atoms with Crippen molar-refractivity contribution in [3.63, 3.8) is 0 Å². The summed E-state index contributed by atoms with van der Waals surface area (Å²) >= 11 is 0. The summed E-state index contributed by atoms with van der Waals surface area (Å²) in [5.41, 5.74) is 3.52. The fourth-order valence-electron chi connectivity index (χ4n) is 6.66. The molecule has 0 amide bonds. The first kappa shape index (κ1) is 28.7. The quantitative estimate of drug-likeness (QED) is 0.159. The average Bonchev–Trinajstić information content (AvgIpc) is 2.95. The number of esters is 1. The second-order valence-electron chi connectivity index (χ2n) is 11.9. The van der Waals surface area contributed by atoms with Crippen LogP contribution in [0.1, 0.15) is 122 Å². The highest BCUT2D eigenvalue weighted by atomic mass is 16.5. The SMILES string of the molecule is CCCCOc1ccc(-c2ccc(C3CCC(CCC)CC3)cc2)c(OC(=O)C2CCC(CCC)CC2)c1. The molecule has 38 heavy (non-hydrogen) atoms. The van der Waals surface area contributed by atoms with Gasteiger partial charge in [0.25, 0.3) is 0 Å². The molecule has 0 spiro atoms. The van der Waals surface area contributed by atoms with Crippen LogP contribution < -0.4 is 9.47 Å². The molecule has 0 heterocycles. The molecule has 2 saturated carbocycles. The third kappa shape index (κ3) is 7.87. The van der Waals surface area contributed by atoms with Crippen molar-refractivity contribution in [1.82, 2.24) is 0 Å². The maximum atomic E-state index is 13.3. The van der Waals surface area contributed by atoms with E-state index in [0.717, 1.165) is 67.2 Å². The van der Waals surface area contributed by atoms with Crippen molar-refractivity contribution < 1.29 is 14.3 Å². The lowest BCUT2D eigenvalue weighted by atomic mass is 9.77. The van der Waals surface area contributed by atoms with E-state index in [9.17, 15) is 4.79 Å². The lowest BCUT2D eigenvalue weighted by molar-refractivity contribution is -0.140. The lowest BCUT2D eigenvalue weighted by Gasteiger charge is -2.28. The summed E-state index contributed by atoms with van der Waals surface area (Å²) in [5.74, 6) is 3.71. The number of carbonyl (C=O) groups is 1. The van der Waals surface area contributed by atoms with Gasteiger partial charge in [-0.1, -0.05) is 77.1 Å². The third-order valence-electron chi connectivity index (χ3n) is 9.04. The zero-order valence-electron chi connectivity index (χ0n) is 24.2. The summed E-state index contributed by atoms with van der Waals surface area (Å²) in [4.78, 5) is 13.3. The van der Waals surface area contributed by atoms with E-state index in [-0.39, 0.29) is 11.9 Å². The Morgan fingerprint density at radius 1 is 0.763 bits per heavy atom. The molecule has 0 bridgehead atoms. The molecule has 3 nitrogen and oxygen atoms in total. The van der Waals surface area contributed by atoms with E-state index in [1.807, 2.05) is 12.1 Å². The highest BCUT2D eigenvalue weighted by molar-refractivity contribution is 5.80. The third-order valence-corrected chi connectivity index (χ3v) is 9.04. The fraction of sp³-hybridized carbons (Fsp3) is 0.629. The molecule has 3 heteroatoms. The predicted octanol–water partition coefficient (Wildman–Crippen LogP) is 10.1. The van der Waals surface area contributed by atoms with Crippen molar-refractivity contribution in [2.24, 2.45) is 17.8 Å². The average molecular weight is 519 g/mol. The minimum Gasteiger partial charge on any atom is -0.493 e. The van der Waals surface area contributed by atoms with Gasteiger partial charge in [0.1, 0.15) is 11.5 Å². The van der Waals surface area contributed by atoms with E-state index >= 15 is 0 Å². The van der Waals surface area contributed by atoms with Gasteiger partial charge in [0.2, 0.25) is 0 Å². The van der Waals surface area contributed by atoms with Gasteiger partial charge in [-0.05, 0) is 98.8 Å². The second kappa shape index (κ2) is 14.8. The van der Waals surface area contributed by atoms with Gasteiger partial charge in [-0.25, -0.2) is 0 Å². The number of rotatable bonds is 12. The van der Waals surface area contributed by atoms with Crippen LogP contribution in [0.15, 0.2) is 42.5 Å². The zero-order chi connectivity index (χ0) is 26.7. The maximum Gasteiger partial charge on any atom is 0.314 e. The van der Waals surface area contributed by atoms with Crippen molar-refractivity contribution in [2.75, 3.05) is 6.61 Å². The highest BCUT2D eigenvalue weighted by Gasteiger charge is 2.28. The number of carbonyl (C=O) groups excluding carboxylic acids is 1. The second-order valence-corrected chi connectivity index (χ2v) is 11.9. The zero-order valence-corrected chi connectivity index (χ0v) is 24.2. The number of unbranched alkanes of at least 4 members (excludes halogenated alkanes) is 1. The Bertz CT molecular complexity index is 979. The normalized spacial score (nSPS) is 23.7. The molecule has 208 valence electrons. The monoisotopic (exact) mass is 518 g/mol. The molecule has 0 radical (unpaired) electrons. The van der Waals surface area contributed by atoms with Crippen LogP contribution in [0.25, 0.3) is 11.1 Å². The van der Waals surface area contributed by atoms with Crippen LogP contribution in [-0.2, 0) is 4.79 Å². The fourth-order valence-corrected chi connectivity index (χ4v) is 6.66. The van der Waals surface area contributed by atoms with Crippen molar-refractivity contribution in [3.8, 4) is 22.6 Å². The number of ether oxygens (including phenoxy) is 2. The first-order valence-electron chi connectivity index (χ1n) is 15.7. The molecule has 0 N–H and O–H groups in total. The maximum absolute atomic E-state index is 13.3. The summed E-state index contributed by atoms with van der Waals surface area (Å²) in [5, 5.41) is 0. The van der Waals surface area contributed by atoms with E-state index < -0.39 is 0 Å². The minimum atomic E-state index is -0.0765. The summed E-state index contributed by atoms with van der Waals surface area (Å²) < 4.78 is 12.1. The smallest absolute Gasteiger partial charge is 0.314 e. The van der Waals surface area contributed by atoms with Gasteiger partial charge in [-0.3, -0.25) is 4.79 Å². The van der Waals surface area contributed by atoms with E-state index in [1.165, 1.54) is 56.9 Å². The van der Waals surface area contributed by atoms with Crippen LogP contribution in [0, 0.1) is 17.8 Å². The molecule has 0 aromatic heterocycles. The predicted molar refractivity (Wildman–Crippen MR) is 158 cm³/mol. The molecular formula is C35H50O3. The molecule has 0 atom stereocenters. The number of benzene rings is 2. The Hall–Kier alpha value is -2.29. The minimum absolute atomic E-state index is 0.00540. The van der Waals surface area contributed by atoms with Crippen LogP contribution in [0.4, 0.5) is 0 Å². The topological polar surface area (TPSA) is 35.5 Å². The van der Waals surface area contributed by atoms with Crippen molar-refractivity contribution >= 4 is 5.97 Å². The summed E-state index contributed by atoms with van der Waals surface area (Å²) in [6, 6.07) is 15.0. The van der Waals surface area contributed by atoms with Crippen LogP contribution in [0.5, 0.6) is 11.5 Å². The van der Waals surface area contributed by atoms with E-state index in [4.69, 9.17) is 9.47 Å². The Morgan fingerprint density at radius 2 is 1.39 bits per heavy atom. The Morgan fingerprint density at radius 3 is 2.00 bits per heavy atom. The first-order chi connectivity index (χ1) is 18.6. The molecule has 2 aliphatic rings. The molecule has 0 unspecified atom stereocenters. The van der Waals surface area contributed by atoms with Crippen molar-refractivity contribution in [1.29, 1.82) is 0 Å². The van der Waals surface area contributed by atoms with Gasteiger partial charge in [0, 0.05) is 11.6 Å². The molecule has 4 rings (SSSR count). The van der Waals surface area contributed by atoms with Gasteiger partial charge in [-0.2, -0.15) is 0 Å². The van der Waals surface area contributed by atoms with Crippen LogP contribution in [0.3, 0.4) is 0 Å². The molecule has 2 aromatic carbocycles. The summed E-state index contributed by atoms with van der Waals surface area (Å²) in [6.45, 7) is 7.40. The van der Waals surface area contributed by atoms with Gasteiger partial charge < -0.3 is 9.47 Å². The molecule has 0 saturated heterocycles. The van der Waals surface area contributed by atoms with Crippen LogP contribution >= 0.6 is 0 Å². The van der Waals surface area contributed by atoms with Gasteiger partial charge >= 0.3 is 5.97 Å².